The van der Waals surface area contributed by atoms with Crippen LogP contribution in [0, 0.1) is 11.3 Å². The smallest absolute Gasteiger partial charge is 0.250 e. The van der Waals surface area contributed by atoms with Gasteiger partial charge in [-0.25, -0.2) is 8.78 Å². The molecule has 1 aliphatic carbocycles. The van der Waals surface area contributed by atoms with Crippen LogP contribution in [0.2, 0.25) is 5.15 Å². The maximum Gasteiger partial charge on any atom is 0.250 e. The van der Waals surface area contributed by atoms with E-state index in [1.165, 1.54) is 0 Å². The number of anilines is 1. The molecule has 1 unspecified atom stereocenters. The van der Waals surface area contributed by atoms with Gasteiger partial charge in [0.15, 0.2) is 5.15 Å². The lowest BCUT2D eigenvalue weighted by molar-refractivity contribution is 0.00508. The molecule has 0 saturated heterocycles. The molecule has 1 saturated carbocycles. The first-order valence-corrected chi connectivity index (χ1v) is 6.22. The summed E-state index contributed by atoms with van der Waals surface area (Å²) in [5.41, 5.74) is -0.474. The number of hydrogen-bond donors (Lipinski definition) is 1. The van der Waals surface area contributed by atoms with Gasteiger partial charge in [-0.15, -0.1) is 0 Å². The average Bonchev–Trinajstić information content (AvgIpc) is 2.68. The molecule has 1 aromatic heterocycles. The summed E-state index contributed by atoms with van der Waals surface area (Å²) in [6, 6.07) is 1.92. The standard InChI is InChI=1S/C10H10ClF2N3S/c1-9(2-3-10(12,13)5-9)15-8-6(4-14)7(11)16-17-8/h15H,2-3,5H2,1H3. The molecule has 7 heteroatoms. The number of aromatic nitrogens is 1. The highest BCUT2D eigenvalue weighted by Crippen LogP contribution is 2.44. The van der Waals surface area contributed by atoms with Crippen LogP contribution in [0.3, 0.4) is 0 Å². The van der Waals surface area contributed by atoms with Gasteiger partial charge in [-0.1, -0.05) is 11.6 Å². The third-order valence-electron chi connectivity index (χ3n) is 2.87. The third-order valence-corrected chi connectivity index (χ3v) is 4.01. The van der Waals surface area contributed by atoms with E-state index in [-0.39, 0.29) is 23.6 Å². The van der Waals surface area contributed by atoms with E-state index in [4.69, 9.17) is 16.9 Å². The molecule has 1 fully saturated rings. The molecule has 0 bridgehead atoms. The maximum atomic E-state index is 13.2. The van der Waals surface area contributed by atoms with Crippen LogP contribution in [0.5, 0.6) is 0 Å². The molecule has 2 rings (SSSR count). The van der Waals surface area contributed by atoms with Crippen LogP contribution in [0.25, 0.3) is 0 Å². The molecular formula is C10H10ClF2N3S. The zero-order valence-electron chi connectivity index (χ0n) is 9.06. The normalized spacial score (nSPS) is 26.8. The van der Waals surface area contributed by atoms with Crippen molar-refractivity contribution in [3.05, 3.63) is 10.7 Å². The van der Waals surface area contributed by atoms with Crippen molar-refractivity contribution in [2.24, 2.45) is 0 Å². The summed E-state index contributed by atoms with van der Waals surface area (Å²) in [5, 5.41) is 12.5. The zero-order chi connectivity index (χ0) is 12.7. The van der Waals surface area contributed by atoms with Crippen LogP contribution < -0.4 is 5.32 Å². The van der Waals surface area contributed by atoms with E-state index < -0.39 is 11.5 Å². The van der Waals surface area contributed by atoms with Crippen molar-refractivity contribution >= 4 is 28.1 Å². The van der Waals surface area contributed by atoms with Gasteiger partial charge >= 0.3 is 0 Å². The van der Waals surface area contributed by atoms with Gasteiger partial charge in [-0.05, 0) is 24.9 Å². The number of nitriles is 1. The first-order chi connectivity index (χ1) is 7.85. The minimum Gasteiger partial charge on any atom is -0.369 e. The Kier molecular flexibility index (Phi) is 3.00. The van der Waals surface area contributed by atoms with E-state index in [1.807, 2.05) is 6.07 Å². The molecule has 1 heterocycles. The lowest BCUT2D eigenvalue weighted by Crippen LogP contribution is -2.33. The highest BCUT2D eigenvalue weighted by molar-refractivity contribution is 7.10. The number of nitrogens with one attached hydrogen (secondary N) is 1. The van der Waals surface area contributed by atoms with Crippen molar-refractivity contribution in [3.63, 3.8) is 0 Å². The van der Waals surface area contributed by atoms with Crippen LogP contribution in [0.15, 0.2) is 0 Å². The van der Waals surface area contributed by atoms with Crippen molar-refractivity contribution in [2.75, 3.05) is 5.32 Å². The molecule has 1 atom stereocenters. The van der Waals surface area contributed by atoms with Crippen LogP contribution >= 0.6 is 23.1 Å². The summed E-state index contributed by atoms with van der Waals surface area (Å²) in [5.74, 6) is -2.64. The first kappa shape index (κ1) is 12.5. The molecule has 1 aliphatic rings. The highest BCUT2D eigenvalue weighted by atomic mass is 35.5. The van der Waals surface area contributed by atoms with Crippen molar-refractivity contribution in [1.82, 2.24) is 4.37 Å². The van der Waals surface area contributed by atoms with Gasteiger partial charge in [0.1, 0.15) is 16.6 Å². The second-order valence-corrected chi connectivity index (χ2v) is 5.64. The van der Waals surface area contributed by atoms with Crippen LogP contribution in [0.4, 0.5) is 13.8 Å². The molecule has 0 amide bonds. The zero-order valence-corrected chi connectivity index (χ0v) is 10.6. The minimum atomic E-state index is -2.64. The van der Waals surface area contributed by atoms with Gasteiger partial charge in [0, 0.05) is 18.4 Å². The number of rotatable bonds is 2. The van der Waals surface area contributed by atoms with Crippen molar-refractivity contribution in [1.29, 1.82) is 5.26 Å². The molecule has 0 aliphatic heterocycles. The van der Waals surface area contributed by atoms with Crippen LogP contribution in [0.1, 0.15) is 31.7 Å². The van der Waals surface area contributed by atoms with Gasteiger partial charge in [0.2, 0.25) is 0 Å². The molecule has 17 heavy (non-hydrogen) atoms. The molecule has 0 aromatic carbocycles. The predicted octanol–water partition coefficient (Wildman–Crippen LogP) is 3.66. The second kappa shape index (κ2) is 4.07. The summed E-state index contributed by atoms with van der Waals surface area (Å²) in [6.45, 7) is 1.72. The number of alkyl halides is 2. The molecule has 1 aromatic rings. The summed E-state index contributed by atoms with van der Waals surface area (Å²) in [4.78, 5) is 0. The fourth-order valence-electron chi connectivity index (χ4n) is 2.04. The Morgan fingerprint density at radius 1 is 1.53 bits per heavy atom. The minimum absolute atomic E-state index is 0.119. The Balaban J connectivity index is 2.19. The average molecular weight is 278 g/mol. The third kappa shape index (κ3) is 2.50. The summed E-state index contributed by atoms with van der Waals surface area (Å²) < 4.78 is 30.2. The molecule has 0 spiro atoms. The van der Waals surface area contributed by atoms with E-state index >= 15 is 0 Å². The fourth-order valence-corrected chi connectivity index (χ4v) is 3.12. The lowest BCUT2D eigenvalue weighted by Gasteiger charge is -2.25. The van der Waals surface area contributed by atoms with Gasteiger partial charge in [0.05, 0.1) is 0 Å². The van der Waals surface area contributed by atoms with Crippen LogP contribution in [-0.2, 0) is 0 Å². The van der Waals surface area contributed by atoms with E-state index in [1.54, 1.807) is 6.92 Å². The Hall–Kier alpha value is -0.930. The van der Waals surface area contributed by atoms with E-state index in [9.17, 15) is 8.78 Å². The monoisotopic (exact) mass is 277 g/mol. The lowest BCUT2D eigenvalue weighted by atomic mass is 10.0. The van der Waals surface area contributed by atoms with E-state index in [0.29, 0.717) is 11.4 Å². The molecular weight excluding hydrogens is 268 g/mol. The summed E-state index contributed by atoms with van der Waals surface area (Å²) in [6.07, 6.45) is -0.00824. The van der Waals surface area contributed by atoms with Crippen LogP contribution in [-0.4, -0.2) is 15.8 Å². The molecule has 0 radical (unpaired) electrons. The number of nitrogens with zero attached hydrogens (tertiary/aromatic N) is 2. The van der Waals surface area contributed by atoms with Gasteiger partial charge in [-0.2, -0.15) is 9.64 Å². The van der Waals surface area contributed by atoms with Gasteiger partial charge < -0.3 is 5.32 Å². The highest BCUT2D eigenvalue weighted by Gasteiger charge is 2.47. The fraction of sp³-hybridized carbons (Fsp3) is 0.600. The van der Waals surface area contributed by atoms with Crippen molar-refractivity contribution in [2.45, 2.75) is 37.6 Å². The van der Waals surface area contributed by atoms with Crippen molar-refractivity contribution in [3.8, 4) is 6.07 Å². The number of halogens is 3. The SMILES string of the molecule is CC1(Nc2snc(Cl)c2C#N)CCC(F)(F)C1. The quantitative estimate of drug-likeness (QED) is 0.897. The second-order valence-electron chi connectivity index (χ2n) is 4.51. The summed E-state index contributed by atoms with van der Waals surface area (Å²) in [7, 11) is 0. The topological polar surface area (TPSA) is 48.7 Å². The van der Waals surface area contributed by atoms with E-state index in [0.717, 1.165) is 11.5 Å². The van der Waals surface area contributed by atoms with Gasteiger partial charge in [0.25, 0.3) is 5.92 Å². The molecule has 3 nitrogen and oxygen atoms in total. The first-order valence-electron chi connectivity index (χ1n) is 5.07. The van der Waals surface area contributed by atoms with Crippen molar-refractivity contribution < 1.29 is 8.78 Å². The Morgan fingerprint density at radius 3 is 2.76 bits per heavy atom. The Bertz CT molecular complexity index is 482. The van der Waals surface area contributed by atoms with E-state index in [2.05, 4.69) is 9.69 Å². The number of hydrogen-bond acceptors (Lipinski definition) is 4. The Labute approximate surface area is 107 Å². The largest absolute Gasteiger partial charge is 0.369 e. The molecule has 92 valence electrons. The summed E-state index contributed by atoms with van der Waals surface area (Å²) >= 11 is 6.75. The predicted molar refractivity (Wildman–Crippen MR) is 62.7 cm³/mol. The molecule has 1 N–H and O–H groups in total. The maximum absolute atomic E-state index is 13.2. The van der Waals surface area contributed by atoms with Gasteiger partial charge in [-0.3, -0.25) is 0 Å². The Morgan fingerprint density at radius 2 is 2.24 bits per heavy atom.